The van der Waals surface area contributed by atoms with E-state index < -0.39 is 10.9 Å². The molecule has 94 valence electrons. The third-order valence-electron chi connectivity index (χ3n) is 1.90. The SMILES string of the molecule is Cl.NCCNc1ccc([N+](=O)[O-])cc1C(=O)O. The van der Waals surface area contributed by atoms with Crippen LogP contribution in [0.2, 0.25) is 0 Å². The highest BCUT2D eigenvalue weighted by molar-refractivity contribution is 5.95. The van der Waals surface area contributed by atoms with Crippen LogP contribution in [0.1, 0.15) is 10.4 Å². The Morgan fingerprint density at radius 1 is 1.53 bits per heavy atom. The minimum atomic E-state index is -1.22. The maximum Gasteiger partial charge on any atom is 0.338 e. The number of benzene rings is 1. The van der Waals surface area contributed by atoms with Crippen molar-refractivity contribution in [2.24, 2.45) is 5.73 Å². The van der Waals surface area contributed by atoms with E-state index in [0.29, 0.717) is 18.8 Å². The Morgan fingerprint density at radius 3 is 2.65 bits per heavy atom. The van der Waals surface area contributed by atoms with Gasteiger partial charge in [-0.2, -0.15) is 0 Å². The fraction of sp³-hybridized carbons (Fsp3) is 0.222. The monoisotopic (exact) mass is 261 g/mol. The van der Waals surface area contributed by atoms with Crippen molar-refractivity contribution in [1.29, 1.82) is 0 Å². The summed E-state index contributed by atoms with van der Waals surface area (Å²) in [6.45, 7) is 0.744. The predicted octanol–water partition coefficient (Wildman–Crippen LogP) is 1.09. The van der Waals surface area contributed by atoms with Gasteiger partial charge < -0.3 is 16.2 Å². The number of carboxylic acid groups (broad SMARTS) is 1. The molecule has 0 aliphatic carbocycles. The molecule has 7 nitrogen and oxygen atoms in total. The lowest BCUT2D eigenvalue weighted by molar-refractivity contribution is -0.384. The van der Waals surface area contributed by atoms with Gasteiger partial charge in [0.25, 0.3) is 5.69 Å². The molecule has 0 saturated heterocycles. The highest BCUT2D eigenvalue weighted by Crippen LogP contribution is 2.21. The van der Waals surface area contributed by atoms with Crippen LogP contribution in [0.5, 0.6) is 0 Å². The van der Waals surface area contributed by atoms with Crippen molar-refractivity contribution in [3.05, 3.63) is 33.9 Å². The zero-order chi connectivity index (χ0) is 12.1. The number of carbonyl (C=O) groups is 1. The Labute approximate surface area is 103 Å². The average Bonchev–Trinajstić information content (AvgIpc) is 2.25. The number of halogens is 1. The summed E-state index contributed by atoms with van der Waals surface area (Å²) in [5.74, 6) is -1.22. The molecule has 0 aliphatic heterocycles. The molecular weight excluding hydrogens is 250 g/mol. The highest BCUT2D eigenvalue weighted by atomic mass is 35.5. The highest BCUT2D eigenvalue weighted by Gasteiger charge is 2.15. The normalized spacial score (nSPS) is 9.24. The van der Waals surface area contributed by atoms with Crippen molar-refractivity contribution >= 4 is 29.8 Å². The summed E-state index contributed by atoms with van der Waals surface area (Å²) in [6.07, 6.45) is 0. The third-order valence-corrected chi connectivity index (χ3v) is 1.90. The smallest absolute Gasteiger partial charge is 0.338 e. The molecule has 1 rings (SSSR count). The summed E-state index contributed by atoms with van der Waals surface area (Å²) in [5.41, 5.74) is 5.19. The Balaban J connectivity index is 0.00000256. The minimum absolute atomic E-state index is 0. The van der Waals surface area contributed by atoms with E-state index in [4.69, 9.17) is 10.8 Å². The molecule has 0 unspecified atom stereocenters. The lowest BCUT2D eigenvalue weighted by atomic mass is 10.1. The molecule has 0 spiro atoms. The molecule has 0 amide bonds. The molecule has 1 aromatic carbocycles. The second-order valence-electron chi connectivity index (χ2n) is 3.01. The van der Waals surface area contributed by atoms with E-state index in [0.717, 1.165) is 6.07 Å². The number of aromatic carboxylic acids is 1. The molecule has 1 aromatic rings. The number of nitrogens with two attached hydrogens (primary N) is 1. The van der Waals surface area contributed by atoms with Crippen LogP contribution in [-0.2, 0) is 0 Å². The van der Waals surface area contributed by atoms with E-state index >= 15 is 0 Å². The first-order chi connectivity index (χ1) is 7.56. The van der Waals surface area contributed by atoms with Crippen molar-refractivity contribution in [2.75, 3.05) is 18.4 Å². The van der Waals surface area contributed by atoms with Gasteiger partial charge in [-0.3, -0.25) is 10.1 Å². The topological polar surface area (TPSA) is 118 Å². The number of rotatable bonds is 5. The van der Waals surface area contributed by atoms with Gasteiger partial charge in [0.15, 0.2) is 0 Å². The summed E-state index contributed by atoms with van der Waals surface area (Å²) >= 11 is 0. The Morgan fingerprint density at radius 2 is 2.18 bits per heavy atom. The third kappa shape index (κ3) is 3.89. The van der Waals surface area contributed by atoms with Crippen molar-refractivity contribution < 1.29 is 14.8 Å². The second-order valence-corrected chi connectivity index (χ2v) is 3.01. The molecule has 0 heterocycles. The number of hydrogen-bond donors (Lipinski definition) is 3. The fourth-order valence-corrected chi connectivity index (χ4v) is 1.18. The van der Waals surface area contributed by atoms with Gasteiger partial charge in [-0.05, 0) is 6.07 Å². The second kappa shape index (κ2) is 6.66. The number of nitro benzene ring substituents is 1. The van der Waals surface area contributed by atoms with E-state index in [-0.39, 0.29) is 23.7 Å². The average molecular weight is 262 g/mol. The number of carboxylic acids is 1. The Bertz CT molecular complexity index is 425. The van der Waals surface area contributed by atoms with Crippen LogP contribution in [-0.4, -0.2) is 29.1 Å². The summed E-state index contributed by atoms with van der Waals surface area (Å²) < 4.78 is 0. The maximum atomic E-state index is 10.9. The van der Waals surface area contributed by atoms with Crippen LogP contribution in [0.25, 0.3) is 0 Å². The van der Waals surface area contributed by atoms with E-state index in [1.807, 2.05) is 0 Å². The fourth-order valence-electron chi connectivity index (χ4n) is 1.18. The molecule has 0 radical (unpaired) electrons. The largest absolute Gasteiger partial charge is 0.478 e. The zero-order valence-electron chi connectivity index (χ0n) is 8.75. The molecule has 0 saturated carbocycles. The first-order valence-corrected chi connectivity index (χ1v) is 4.52. The van der Waals surface area contributed by atoms with E-state index in [9.17, 15) is 14.9 Å². The van der Waals surface area contributed by atoms with Gasteiger partial charge >= 0.3 is 5.97 Å². The van der Waals surface area contributed by atoms with Crippen LogP contribution in [0, 0.1) is 10.1 Å². The van der Waals surface area contributed by atoms with Gasteiger partial charge in [0.1, 0.15) is 0 Å². The number of nitro groups is 1. The van der Waals surface area contributed by atoms with E-state index in [1.165, 1.54) is 12.1 Å². The first-order valence-electron chi connectivity index (χ1n) is 4.52. The van der Waals surface area contributed by atoms with Gasteiger partial charge in [-0.15, -0.1) is 12.4 Å². The number of nitrogens with zero attached hydrogens (tertiary/aromatic N) is 1. The van der Waals surface area contributed by atoms with Gasteiger partial charge in [-0.1, -0.05) is 0 Å². The number of nitrogens with one attached hydrogen (secondary N) is 1. The molecule has 0 bridgehead atoms. The maximum absolute atomic E-state index is 10.9. The van der Waals surface area contributed by atoms with Crippen molar-refractivity contribution in [1.82, 2.24) is 0 Å². The summed E-state index contributed by atoms with van der Waals surface area (Å²) in [5, 5.41) is 22.1. The number of anilines is 1. The van der Waals surface area contributed by atoms with Crippen LogP contribution < -0.4 is 11.1 Å². The van der Waals surface area contributed by atoms with Crippen LogP contribution >= 0.6 is 12.4 Å². The Kier molecular flexibility index (Phi) is 5.94. The lowest BCUT2D eigenvalue weighted by Crippen LogP contribution is -2.15. The van der Waals surface area contributed by atoms with Gasteiger partial charge in [0.05, 0.1) is 10.5 Å². The minimum Gasteiger partial charge on any atom is -0.478 e. The summed E-state index contributed by atoms with van der Waals surface area (Å²) in [7, 11) is 0. The molecule has 0 fully saturated rings. The quantitative estimate of drug-likeness (QED) is 0.539. The number of hydrogen-bond acceptors (Lipinski definition) is 5. The van der Waals surface area contributed by atoms with Gasteiger partial charge in [0, 0.05) is 30.9 Å². The van der Waals surface area contributed by atoms with Crippen LogP contribution in [0.3, 0.4) is 0 Å². The molecule has 0 aromatic heterocycles. The molecule has 4 N–H and O–H groups in total. The van der Waals surface area contributed by atoms with Crippen molar-refractivity contribution in [2.45, 2.75) is 0 Å². The van der Waals surface area contributed by atoms with Crippen LogP contribution in [0.15, 0.2) is 18.2 Å². The van der Waals surface area contributed by atoms with Gasteiger partial charge in [-0.25, -0.2) is 4.79 Å². The van der Waals surface area contributed by atoms with E-state index in [1.54, 1.807) is 0 Å². The predicted molar refractivity (Wildman–Crippen MR) is 64.8 cm³/mol. The Hall–Kier alpha value is -1.86. The summed E-state index contributed by atoms with van der Waals surface area (Å²) in [4.78, 5) is 20.7. The number of non-ortho nitro benzene ring substituents is 1. The van der Waals surface area contributed by atoms with E-state index in [2.05, 4.69) is 5.32 Å². The first kappa shape index (κ1) is 15.1. The van der Waals surface area contributed by atoms with Crippen molar-refractivity contribution in [3.8, 4) is 0 Å². The van der Waals surface area contributed by atoms with Gasteiger partial charge in [0.2, 0.25) is 0 Å². The molecule has 0 atom stereocenters. The van der Waals surface area contributed by atoms with Crippen molar-refractivity contribution in [3.63, 3.8) is 0 Å². The lowest BCUT2D eigenvalue weighted by Gasteiger charge is -2.07. The summed E-state index contributed by atoms with van der Waals surface area (Å²) in [6, 6.07) is 3.61. The van der Waals surface area contributed by atoms with Crippen LogP contribution in [0.4, 0.5) is 11.4 Å². The molecular formula is C9H12ClN3O4. The molecule has 17 heavy (non-hydrogen) atoms. The zero-order valence-corrected chi connectivity index (χ0v) is 9.57. The molecule has 0 aliphatic rings. The molecule has 8 heteroatoms. The standard InChI is InChI=1S/C9H11N3O4.ClH/c10-3-4-11-8-2-1-6(12(15)16)5-7(8)9(13)14;/h1-2,5,11H,3-4,10H2,(H,13,14);1H.